The molecule has 0 spiro atoms. The first-order valence-corrected chi connectivity index (χ1v) is 9.22. The molecule has 1 saturated heterocycles. The lowest BCUT2D eigenvalue weighted by atomic mass is 9.96. The SMILES string of the molecule is CC(C)c1cc(=O)n(CC2CCN(Cc3cncn(C)c3=O)CC2)cn1. The van der Waals surface area contributed by atoms with Gasteiger partial charge in [-0.1, -0.05) is 13.8 Å². The summed E-state index contributed by atoms with van der Waals surface area (Å²) in [5, 5.41) is 0. The van der Waals surface area contributed by atoms with Crippen molar-refractivity contribution in [2.24, 2.45) is 13.0 Å². The van der Waals surface area contributed by atoms with Crippen molar-refractivity contribution in [3.63, 3.8) is 0 Å². The summed E-state index contributed by atoms with van der Waals surface area (Å²) in [6.07, 6.45) is 6.91. The van der Waals surface area contributed by atoms with Gasteiger partial charge in [-0.3, -0.25) is 19.1 Å². The highest BCUT2D eigenvalue weighted by Gasteiger charge is 2.21. The van der Waals surface area contributed by atoms with Gasteiger partial charge in [0.05, 0.1) is 18.3 Å². The molecule has 0 N–H and O–H groups in total. The van der Waals surface area contributed by atoms with E-state index >= 15 is 0 Å². The molecule has 2 aromatic heterocycles. The van der Waals surface area contributed by atoms with E-state index < -0.39 is 0 Å². The summed E-state index contributed by atoms with van der Waals surface area (Å²) in [5.41, 5.74) is 1.63. The zero-order valence-corrected chi connectivity index (χ0v) is 15.8. The van der Waals surface area contributed by atoms with Crippen LogP contribution in [-0.4, -0.2) is 37.1 Å². The van der Waals surface area contributed by atoms with Crippen LogP contribution in [0.3, 0.4) is 0 Å². The number of nitrogens with zero attached hydrogens (tertiary/aromatic N) is 5. The molecule has 140 valence electrons. The maximum Gasteiger partial charge on any atom is 0.257 e. The summed E-state index contributed by atoms with van der Waals surface area (Å²) >= 11 is 0. The Bertz CT molecular complexity index is 863. The van der Waals surface area contributed by atoms with Crippen LogP contribution in [0.25, 0.3) is 0 Å². The van der Waals surface area contributed by atoms with Crippen molar-refractivity contribution in [1.82, 2.24) is 24.0 Å². The van der Waals surface area contributed by atoms with Crippen molar-refractivity contribution in [2.45, 2.75) is 45.7 Å². The average Bonchev–Trinajstić information content (AvgIpc) is 2.62. The van der Waals surface area contributed by atoms with Crippen molar-refractivity contribution < 1.29 is 0 Å². The summed E-state index contributed by atoms with van der Waals surface area (Å²) in [6, 6.07) is 1.65. The first kappa shape index (κ1) is 18.5. The molecule has 7 nitrogen and oxygen atoms in total. The standard InChI is InChI=1S/C19H27N5O2/c1-14(2)17-8-18(25)24(13-21-17)10-15-4-6-23(7-5-15)11-16-9-20-12-22(3)19(16)26/h8-9,12-15H,4-7,10-11H2,1-3H3. The second-order valence-corrected chi connectivity index (χ2v) is 7.51. The molecule has 0 radical (unpaired) electrons. The van der Waals surface area contributed by atoms with Gasteiger partial charge < -0.3 is 4.57 Å². The zero-order valence-electron chi connectivity index (χ0n) is 15.8. The van der Waals surface area contributed by atoms with Crippen LogP contribution in [0.15, 0.2) is 34.5 Å². The Labute approximate surface area is 153 Å². The van der Waals surface area contributed by atoms with Crippen molar-refractivity contribution in [2.75, 3.05) is 13.1 Å². The molecule has 2 aromatic rings. The predicted molar refractivity (Wildman–Crippen MR) is 100 cm³/mol. The molecule has 0 unspecified atom stereocenters. The van der Waals surface area contributed by atoms with Gasteiger partial charge in [-0.05, 0) is 37.8 Å². The van der Waals surface area contributed by atoms with E-state index in [1.807, 2.05) is 13.8 Å². The van der Waals surface area contributed by atoms with Crippen LogP contribution in [0.4, 0.5) is 0 Å². The Morgan fingerprint density at radius 2 is 1.92 bits per heavy atom. The Morgan fingerprint density at radius 1 is 1.19 bits per heavy atom. The fraction of sp³-hybridized carbons (Fsp3) is 0.579. The van der Waals surface area contributed by atoms with Crippen LogP contribution in [0.1, 0.15) is 43.9 Å². The molecule has 26 heavy (non-hydrogen) atoms. The van der Waals surface area contributed by atoms with E-state index in [9.17, 15) is 9.59 Å². The fourth-order valence-corrected chi connectivity index (χ4v) is 3.40. The van der Waals surface area contributed by atoms with Gasteiger partial charge in [-0.2, -0.15) is 0 Å². The minimum absolute atomic E-state index is 0.0185. The fourth-order valence-electron chi connectivity index (χ4n) is 3.40. The molecule has 0 atom stereocenters. The monoisotopic (exact) mass is 357 g/mol. The Kier molecular flexibility index (Phi) is 5.66. The summed E-state index contributed by atoms with van der Waals surface area (Å²) in [4.78, 5) is 35.2. The van der Waals surface area contributed by atoms with Gasteiger partial charge in [-0.25, -0.2) is 9.97 Å². The second-order valence-electron chi connectivity index (χ2n) is 7.51. The van der Waals surface area contributed by atoms with Gasteiger partial charge in [0.1, 0.15) is 0 Å². The molecular weight excluding hydrogens is 330 g/mol. The second kappa shape index (κ2) is 7.95. The van der Waals surface area contributed by atoms with Gasteiger partial charge >= 0.3 is 0 Å². The van der Waals surface area contributed by atoms with Crippen molar-refractivity contribution in [1.29, 1.82) is 0 Å². The maximum absolute atomic E-state index is 12.3. The topological polar surface area (TPSA) is 73.0 Å². The lowest BCUT2D eigenvalue weighted by Gasteiger charge is -2.32. The van der Waals surface area contributed by atoms with E-state index in [2.05, 4.69) is 14.9 Å². The maximum atomic E-state index is 12.3. The van der Waals surface area contributed by atoms with Crippen molar-refractivity contribution in [3.05, 3.63) is 56.9 Å². The minimum Gasteiger partial charge on any atom is -0.302 e. The van der Waals surface area contributed by atoms with Crippen molar-refractivity contribution in [3.8, 4) is 0 Å². The molecule has 0 bridgehead atoms. The molecule has 0 aliphatic carbocycles. The highest BCUT2D eigenvalue weighted by molar-refractivity contribution is 5.05. The first-order chi connectivity index (χ1) is 12.4. The van der Waals surface area contributed by atoms with Gasteiger partial charge in [0.25, 0.3) is 11.1 Å². The average molecular weight is 357 g/mol. The summed E-state index contributed by atoms with van der Waals surface area (Å²) in [6.45, 7) is 7.28. The number of hydrogen-bond acceptors (Lipinski definition) is 5. The zero-order chi connectivity index (χ0) is 18.7. The summed E-state index contributed by atoms with van der Waals surface area (Å²) in [5.74, 6) is 0.730. The van der Waals surface area contributed by atoms with Crippen LogP contribution in [0.2, 0.25) is 0 Å². The molecule has 1 aliphatic rings. The largest absolute Gasteiger partial charge is 0.302 e. The predicted octanol–water partition coefficient (Wildman–Crippen LogP) is 1.37. The normalized spacial score (nSPS) is 16.3. The van der Waals surface area contributed by atoms with E-state index in [1.165, 1.54) is 10.9 Å². The van der Waals surface area contributed by atoms with E-state index in [0.717, 1.165) is 37.2 Å². The number of piperidine rings is 1. The Hall–Kier alpha value is -2.28. The number of hydrogen-bond donors (Lipinski definition) is 0. The molecule has 0 aromatic carbocycles. The minimum atomic E-state index is 0.0185. The quantitative estimate of drug-likeness (QED) is 0.808. The highest BCUT2D eigenvalue weighted by Crippen LogP contribution is 2.19. The van der Waals surface area contributed by atoms with Gasteiger partial charge in [0.15, 0.2) is 0 Å². The Morgan fingerprint density at radius 3 is 2.58 bits per heavy atom. The first-order valence-electron chi connectivity index (χ1n) is 9.22. The number of aryl methyl sites for hydroxylation is 1. The van der Waals surface area contributed by atoms with Gasteiger partial charge in [0.2, 0.25) is 0 Å². The molecular formula is C19H27N5O2. The van der Waals surface area contributed by atoms with Crippen LogP contribution in [0.5, 0.6) is 0 Å². The molecule has 0 saturated carbocycles. The molecule has 3 rings (SSSR count). The third-order valence-electron chi connectivity index (χ3n) is 5.11. The molecule has 1 fully saturated rings. The van der Waals surface area contributed by atoms with Crippen LogP contribution >= 0.6 is 0 Å². The number of rotatable bonds is 5. The van der Waals surface area contributed by atoms with Gasteiger partial charge in [0, 0.05) is 38.0 Å². The van der Waals surface area contributed by atoms with Crippen LogP contribution in [-0.2, 0) is 20.1 Å². The number of likely N-dealkylation sites (tertiary alicyclic amines) is 1. The van der Waals surface area contributed by atoms with Crippen LogP contribution < -0.4 is 11.1 Å². The molecule has 3 heterocycles. The smallest absolute Gasteiger partial charge is 0.257 e. The van der Waals surface area contributed by atoms with Crippen molar-refractivity contribution >= 4 is 0 Å². The summed E-state index contributed by atoms with van der Waals surface area (Å²) in [7, 11) is 1.72. The van der Waals surface area contributed by atoms with E-state index in [0.29, 0.717) is 19.0 Å². The third-order valence-corrected chi connectivity index (χ3v) is 5.11. The van der Waals surface area contributed by atoms with E-state index in [-0.39, 0.29) is 17.0 Å². The third kappa shape index (κ3) is 4.27. The lowest BCUT2D eigenvalue weighted by molar-refractivity contribution is 0.165. The Balaban J connectivity index is 1.56. The lowest BCUT2D eigenvalue weighted by Crippen LogP contribution is -2.37. The van der Waals surface area contributed by atoms with E-state index in [1.54, 1.807) is 30.2 Å². The highest BCUT2D eigenvalue weighted by atomic mass is 16.1. The molecule has 7 heteroatoms. The number of aromatic nitrogens is 4. The molecule has 1 aliphatic heterocycles. The van der Waals surface area contributed by atoms with E-state index in [4.69, 9.17) is 0 Å². The molecule has 0 amide bonds. The van der Waals surface area contributed by atoms with Crippen LogP contribution in [0, 0.1) is 5.92 Å². The summed E-state index contributed by atoms with van der Waals surface area (Å²) < 4.78 is 3.24. The van der Waals surface area contributed by atoms with Gasteiger partial charge in [-0.15, -0.1) is 0 Å².